The number of nitrogens with zero attached hydrogens (tertiary/aromatic N) is 2. The Morgan fingerprint density at radius 2 is 1.58 bits per heavy atom. The van der Waals surface area contributed by atoms with Gasteiger partial charge in [0.2, 0.25) is 11.8 Å². The van der Waals surface area contributed by atoms with Gasteiger partial charge in [-0.2, -0.15) is 5.01 Å². The molecule has 4 N–H and O–H groups in total. The number of hydrazine groups is 1. The largest absolute Gasteiger partial charge is 0.508 e. The highest BCUT2D eigenvalue weighted by Crippen LogP contribution is 2.65. The van der Waals surface area contributed by atoms with Crippen molar-refractivity contribution in [3.63, 3.8) is 0 Å². The number of hydrogen-bond acceptors (Lipinski definition) is 9. The van der Waals surface area contributed by atoms with Crippen molar-refractivity contribution in [3.8, 4) is 17.2 Å². The fourth-order valence-corrected chi connectivity index (χ4v) is 9.08. The molecule has 0 radical (unpaired) electrons. The fourth-order valence-electron chi connectivity index (χ4n) is 9.08. The number of ether oxygens (including phenoxy) is 1. The van der Waals surface area contributed by atoms with Crippen molar-refractivity contribution in [1.29, 1.82) is 0 Å². The van der Waals surface area contributed by atoms with Crippen molar-refractivity contribution in [2.75, 3.05) is 17.4 Å². The lowest BCUT2D eigenvalue weighted by Gasteiger charge is -2.50. The molecule has 8 rings (SSSR count). The maximum Gasteiger partial charge on any atom is 0.339 e. The SMILES string of the molecule is COc1ccc(O)c([C@H]2C3=CC[C@@H]4C(=O)N(c5ccc(C(=O)O)c(O)c5)C(=O)[C@@H]4[C@@H]3C[C@H]3C(=O)N(Nc4ccc(C)cc4)C(=O)[C@@]23c2ccccc2)c1. The van der Waals surface area contributed by atoms with Crippen molar-refractivity contribution >= 4 is 41.0 Å². The third kappa shape index (κ3) is 4.92. The lowest BCUT2D eigenvalue weighted by atomic mass is 9.49. The third-order valence-corrected chi connectivity index (χ3v) is 11.4. The average molecular weight is 714 g/mol. The van der Waals surface area contributed by atoms with Crippen LogP contribution < -0.4 is 15.1 Å². The predicted molar refractivity (Wildman–Crippen MR) is 191 cm³/mol. The van der Waals surface area contributed by atoms with Crippen LogP contribution in [0.2, 0.25) is 0 Å². The number of benzene rings is 4. The molecular weight excluding hydrogens is 678 g/mol. The lowest BCUT2D eigenvalue weighted by molar-refractivity contribution is -0.138. The number of amides is 4. The van der Waals surface area contributed by atoms with Gasteiger partial charge < -0.3 is 20.1 Å². The zero-order valence-corrected chi connectivity index (χ0v) is 28.7. The van der Waals surface area contributed by atoms with Gasteiger partial charge in [0.1, 0.15) is 22.8 Å². The molecule has 4 aromatic carbocycles. The molecule has 12 nitrogen and oxygen atoms in total. The number of phenols is 2. The Kier molecular flexibility index (Phi) is 7.86. The highest BCUT2D eigenvalue weighted by Gasteiger charge is 2.70. The number of aromatic carboxylic acids is 1. The number of anilines is 2. The fraction of sp³-hybridized carbons (Fsp3) is 0.244. The summed E-state index contributed by atoms with van der Waals surface area (Å²) in [5.74, 6) is -8.32. The van der Waals surface area contributed by atoms with E-state index < -0.39 is 70.4 Å². The molecule has 53 heavy (non-hydrogen) atoms. The van der Waals surface area contributed by atoms with E-state index in [0.29, 0.717) is 28.1 Å². The second kappa shape index (κ2) is 12.4. The van der Waals surface area contributed by atoms with Gasteiger partial charge in [0.05, 0.1) is 41.7 Å². The minimum atomic E-state index is -1.58. The number of aromatic hydroxyl groups is 2. The Balaban J connectivity index is 1.31. The molecule has 2 heterocycles. The summed E-state index contributed by atoms with van der Waals surface area (Å²) in [6, 6.07) is 24.4. The number of carbonyl (C=O) groups excluding carboxylic acids is 4. The Morgan fingerprint density at radius 1 is 0.849 bits per heavy atom. The molecule has 6 atom stereocenters. The number of hydrogen-bond donors (Lipinski definition) is 4. The molecule has 4 aliphatic rings. The predicted octanol–water partition coefficient (Wildman–Crippen LogP) is 5.30. The van der Waals surface area contributed by atoms with Crippen LogP contribution in [0, 0.1) is 30.6 Å². The third-order valence-electron chi connectivity index (χ3n) is 11.4. The van der Waals surface area contributed by atoms with E-state index in [-0.39, 0.29) is 29.8 Å². The summed E-state index contributed by atoms with van der Waals surface area (Å²) >= 11 is 0. The van der Waals surface area contributed by atoms with Gasteiger partial charge in [-0.15, -0.1) is 0 Å². The Morgan fingerprint density at radius 3 is 2.26 bits per heavy atom. The summed E-state index contributed by atoms with van der Waals surface area (Å²) in [4.78, 5) is 71.1. The number of aryl methyl sites for hydroxylation is 1. The first-order valence-corrected chi connectivity index (χ1v) is 17.3. The van der Waals surface area contributed by atoms with Crippen molar-refractivity contribution < 1.29 is 44.0 Å². The number of carbonyl (C=O) groups is 5. The number of carboxylic acids is 1. The van der Waals surface area contributed by atoms with Crippen LogP contribution in [-0.4, -0.2) is 57.0 Å². The number of allylic oxidation sites excluding steroid dienone is 2. The molecule has 1 saturated carbocycles. The monoisotopic (exact) mass is 713 g/mol. The number of phenolic OH excluding ortho intramolecular Hbond substituents is 1. The number of rotatable bonds is 7. The lowest BCUT2D eigenvalue weighted by Crippen LogP contribution is -2.53. The van der Waals surface area contributed by atoms with Gasteiger partial charge in [0, 0.05) is 17.5 Å². The van der Waals surface area contributed by atoms with Crippen LogP contribution in [0.25, 0.3) is 0 Å². The van der Waals surface area contributed by atoms with E-state index in [4.69, 9.17) is 4.74 Å². The average Bonchev–Trinajstić information content (AvgIpc) is 3.53. The molecule has 2 aliphatic heterocycles. The van der Waals surface area contributed by atoms with Crippen molar-refractivity contribution in [2.24, 2.45) is 23.7 Å². The number of imide groups is 2. The first-order valence-electron chi connectivity index (χ1n) is 17.3. The molecule has 12 heteroatoms. The standard InChI is InChI=1S/C41H35N3O9/c1-21-8-10-23(11-9-21)42-44-37(48)31-20-29-26(15-16-28-34(29)38(49)43(36(28)47)24-12-14-27(39(50)51)33(46)18-24)35(30-19-25(53-2)13-17-32(30)45)41(31,40(44)52)22-6-4-3-5-7-22/h3-15,17-19,28-29,31,34-35,42,45-46H,16,20H2,1-2H3,(H,50,51)/t28-,29+,31-,34-,35+,41+/m0/s1. The van der Waals surface area contributed by atoms with Crippen LogP contribution in [0.15, 0.2) is 103 Å². The summed E-state index contributed by atoms with van der Waals surface area (Å²) in [5.41, 5.74) is 4.13. The van der Waals surface area contributed by atoms with Crippen LogP contribution in [-0.2, 0) is 24.6 Å². The van der Waals surface area contributed by atoms with Crippen molar-refractivity contribution in [2.45, 2.75) is 31.1 Å². The zero-order chi connectivity index (χ0) is 37.3. The second-order valence-electron chi connectivity index (χ2n) is 14.0. The minimum absolute atomic E-state index is 0.0236. The molecule has 0 bridgehead atoms. The van der Waals surface area contributed by atoms with E-state index in [9.17, 15) is 34.5 Å². The van der Waals surface area contributed by atoms with E-state index >= 15 is 4.79 Å². The topological polar surface area (TPSA) is 174 Å². The Labute approximate surface area is 303 Å². The summed E-state index contributed by atoms with van der Waals surface area (Å²) in [6.45, 7) is 1.92. The number of carboxylic acid groups (broad SMARTS) is 1. The quantitative estimate of drug-likeness (QED) is 0.145. The molecule has 2 saturated heterocycles. The van der Waals surface area contributed by atoms with E-state index in [1.54, 1.807) is 48.5 Å². The van der Waals surface area contributed by atoms with Crippen LogP contribution >= 0.6 is 0 Å². The van der Waals surface area contributed by atoms with Gasteiger partial charge in [0.15, 0.2) is 0 Å². The molecular formula is C41H35N3O9. The van der Waals surface area contributed by atoms with E-state index in [1.807, 2.05) is 31.2 Å². The van der Waals surface area contributed by atoms with Crippen LogP contribution in [0.1, 0.15) is 45.8 Å². The molecule has 4 amide bonds. The van der Waals surface area contributed by atoms with Crippen LogP contribution in [0.4, 0.5) is 11.4 Å². The molecule has 3 fully saturated rings. The number of nitrogens with one attached hydrogen (secondary N) is 1. The summed E-state index contributed by atoms with van der Waals surface area (Å²) in [7, 11) is 1.48. The Hall–Kier alpha value is -6.43. The molecule has 268 valence electrons. The summed E-state index contributed by atoms with van der Waals surface area (Å²) in [6.07, 6.45) is 2.03. The maximum absolute atomic E-state index is 15.3. The minimum Gasteiger partial charge on any atom is -0.508 e. The molecule has 4 aromatic rings. The van der Waals surface area contributed by atoms with Gasteiger partial charge in [-0.3, -0.25) is 24.6 Å². The van der Waals surface area contributed by atoms with E-state index in [2.05, 4.69) is 5.43 Å². The van der Waals surface area contributed by atoms with E-state index in [0.717, 1.165) is 27.6 Å². The van der Waals surface area contributed by atoms with Gasteiger partial charge in [-0.05, 0) is 73.7 Å². The summed E-state index contributed by atoms with van der Waals surface area (Å²) < 4.78 is 5.57. The first-order chi connectivity index (χ1) is 25.5. The maximum atomic E-state index is 15.3. The zero-order valence-electron chi connectivity index (χ0n) is 28.7. The van der Waals surface area contributed by atoms with Crippen LogP contribution in [0.5, 0.6) is 17.2 Å². The Bertz CT molecular complexity index is 2250. The molecule has 0 aromatic heterocycles. The van der Waals surface area contributed by atoms with Crippen molar-refractivity contribution in [3.05, 3.63) is 125 Å². The van der Waals surface area contributed by atoms with Gasteiger partial charge >= 0.3 is 5.97 Å². The highest BCUT2D eigenvalue weighted by atomic mass is 16.5. The smallest absolute Gasteiger partial charge is 0.339 e. The van der Waals surface area contributed by atoms with Gasteiger partial charge in [-0.25, -0.2) is 9.69 Å². The van der Waals surface area contributed by atoms with Gasteiger partial charge in [-0.1, -0.05) is 59.7 Å². The summed E-state index contributed by atoms with van der Waals surface area (Å²) in [5, 5.41) is 32.5. The molecule has 0 unspecified atom stereocenters. The first kappa shape index (κ1) is 33.7. The second-order valence-corrected chi connectivity index (χ2v) is 14.0. The number of fused-ring (bicyclic) bond motifs is 4. The van der Waals surface area contributed by atoms with E-state index in [1.165, 1.54) is 19.2 Å². The molecule has 0 spiro atoms. The van der Waals surface area contributed by atoms with Gasteiger partial charge in [0.25, 0.3) is 11.8 Å². The normalized spacial score (nSPS) is 26.2. The molecule has 2 aliphatic carbocycles. The van der Waals surface area contributed by atoms with Crippen LogP contribution in [0.3, 0.4) is 0 Å². The number of methoxy groups -OCH3 is 1. The van der Waals surface area contributed by atoms with Crippen molar-refractivity contribution in [1.82, 2.24) is 5.01 Å². The highest BCUT2D eigenvalue weighted by molar-refractivity contribution is 6.23.